The quantitative estimate of drug-likeness (QED) is 0.348. The van der Waals surface area contributed by atoms with E-state index >= 15 is 0 Å². The number of rotatable bonds is 8. The first kappa shape index (κ1) is 22.1. The average molecular weight is 472 g/mol. The van der Waals surface area contributed by atoms with Crippen LogP contribution < -0.4 is 15.4 Å². The number of hydrogen-bond donors (Lipinski definition) is 2. The van der Waals surface area contributed by atoms with Crippen molar-refractivity contribution >= 4 is 29.9 Å². The van der Waals surface area contributed by atoms with E-state index in [1.807, 2.05) is 25.1 Å². The molecule has 2 rings (SSSR count). The third-order valence-corrected chi connectivity index (χ3v) is 3.36. The summed E-state index contributed by atoms with van der Waals surface area (Å²) in [6, 6.07) is 10.3. The summed E-state index contributed by atoms with van der Waals surface area (Å²) in [5.41, 5.74) is 1.86. The minimum absolute atomic E-state index is 0. The molecule has 0 saturated heterocycles. The Morgan fingerprint density at radius 3 is 2.65 bits per heavy atom. The van der Waals surface area contributed by atoms with Gasteiger partial charge < -0.3 is 15.4 Å². The van der Waals surface area contributed by atoms with Crippen LogP contribution in [0.1, 0.15) is 31.4 Å². The van der Waals surface area contributed by atoms with Gasteiger partial charge in [0.05, 0.1) is 13.2 Å². The topological polar surface area (TPSA) is 58.5 Å². The number of nitrogens with one attached hydrogen (secondary N) is 2. The lowest BCUT2D eigenvalue weighted by Gasteiger charge is -2.11. The summed E-state index contributed by atoms with van der Waals surface area (Å²) >= 11 is 0. The summed E-state index contributed by atoms with van der Waals surface area (Å²) in [7, 11) is 0. The molecule has 5 nitrogen and oxygen atoms in total. The van der Waals surface area contributed by atoms with Gasteiger partial charge in [0.25, 0.3) is 0 Å². The summed E-state index contributed by atoms with van der Waals surface area (Å²) in [6.07, 6.45) is 2.72. The number of ether oxygens (including phenoxy) is 1. The van der Waals surface area contributed by atoms with Crippen LogP contribution in [0.2, 0.25) is 0 Å². The van der Waals surface area contributed by atoms with Gasteiger partial charge in [-0.2, -0.15) is 0 Å². The van der Waals surface area contributed by atoms with E-state index in [-0.39, 0.29) is 29.8 Å². The van der Waals surface area contributed by atoms with Crippen molar-refractivity contribution in [3.8, 4) is 5.88 Å². The molecule has 1 aromatic heterocycles. The van der Waals surface area contributed by atoms with Crippen molar-refractivity contribution in [1.29, 1.82) is 0 Å². The largest absolute Gasteiger partial charge is 0.478 e. The maximum absolute atomic E-state index is 13.2. The van der Waals surface area contributed by atoms with Gasteiger partial charge in [0.2, 0.25) is 5.88 Å². The first-order valence-corrected chi connectivity index (χ1v) is 8.55. The second kappa shape index (κ2) is 12.5. The van der Waals surface area contributed by atoms with Crippen LogP contribution >= 0.6 is 24.0 Å². The van der Waals surface area contributed by atoms with Crippen LogP contribution in [0.3, 0.4) is 0 Å². The standard InChI is InChI=1S/C19H25FN4O.HI/c1-3-10-25-18-9-8-16(13-22-18)14-24-19(21-4-2)23-12-15-6-5-7-17(20)11-15;/h5-9,11,13H,3-4,10,12,14H2,1-2H3,(H2,21,23,24);1H. The van der Waals surface area contributed by atoms with E-state index in [0.29, 0.717) is 31.5 Å². The number of nitrogens with zero attached hydrogens (tertiary/aromatic N) is 2. The fourth-order valence-corrected chi connectivity index (χ4v) is 2.14. The number of aliphatic imine (C=N–C) groups is 1. The number of pyridine rings is 1. The van der Waals surface area contributed by atoms with Gasteiger partial charge >= 0.3 is 0 Å². The van der Waals surface area contributed by atoms with Gasteiger partial charge in [-0.25, -0.2) is 14.4 Å². The smallest absolute Gasteiger partial charge is 0.213 e. The molecular weight excluding hydrogens is 446 g/mol. The third-order valence-electron chi connectivity index (χ3n) is 3.36. The molecule has 0 aliphatic carbocycles. The van der Waals surface area contributed by atoms with Gasteiger partial charge in [-0.3, -0.25) is 0 Å². The summed E-state index contributed by atoms with van der Waals surface area (Å²) < 4.78 is 18.7. The maximum atomic E-state index is 13.2. The van der Waals surface area contributed by atoms with Crippen LogP contribution in [-0.4, -0.2) is 24.1 Å². The normalized spacial score (nSPS) is 10.8. The molecule has 0 atom stereocenters. The number of aromatic nitrogens is 1. The minimum atomic E-state index is -0.238. The zero-order chi connectivity index (χ0) is 17.9. The SMILES string of the molecule is CCCOc1ccc(CN=C(NCC)NCc2cccc(F)c2)cn1.I. The van der Waals surface area contributed by atoms with Crippen molar-refractivity contribution in [3.05, 3.63) is 59.5 Å². The van der Waals surface area contributed by atoms with Crippen LogP contribution in [0.5, 0.6) is 5.88 Å². The highest BCUT2D eigenvalue weighted by Crippen LogP contribution is 2.09. The molecule has 0 saturated carbocycles. The molecule has 0 spiro atoms. The molecule has 7 heteroatoms. The lowest BCUT2D eigenvalue weighted by Crippen LogP contribution is -2.36. The molecule has 1 aromatic carbocycles. The Morgan fingerprint density at radius 2 is 2.00 bits per heavy atom. The van der Waals surface area contributed by atoms with E-state index in [9.17, 15) is 4.39 Å². The number of hydrogen-bond acceptors (Lipinski definition) is 3. The van der Waals surface area contributed by atoms with Crippen molar-refractivity contribution in [2.45, 2.75) is 33.4 Å². The van der Waals surface area contributed by atoms with Gasteiger partial charge in [0.15, 0.2) is 5.96 Å². The Bertz CT molecular complexity index is 679. The zero-order valence-electron chi connectivity index (χ0n) is 15.2. The number of guanidine groups is 1. The Labute approximate surface area is 171 Å². The molecule has 0 fully saturated rings. The third kappa shape index (κ3) is 7.99. The molecule has 26 heavy (non-hydrogen) atoms. The summed E-state index contributed by atoms with van der Waals surface area (Å²) in [4.78, 5) is 8.80. The molecule has 0 bridgehead atoms. The van der Waals surface area contributed by atoms with Crippen LogP contribution in [0, 0.1) is 5.82 Å². The Morgan fingerprint density at radius 1 is 1.15 bits per heavy atom. The van der Waals surface area contributed by atoms with E-state index < -0.39 is 0 Å². The monoisotopic (exact) mass is 472 g/mol. The van der Waals surface area contributed by atoms with Crippen LogP contribution in [0.15, 0.2) is 47.6 Å². The molecule has 0 radical (unpaired) electrons. The Hall–Kier alpha value is -1.90. The second-order valence-electron chi connectivity index (χ2n) is 5.53. The van der Waals surface area contributed by atoms with Crippen LogP contribution in [-0.2, 0) is 13.1 Å². The lowest BCUT2D eigenvalue weighted by atomic mass is 10.2. The van der Waals surface area contributed by atoms with E-state index in [1.165, 1.54) is 12.1 Å². The van der Waals surface area contributed by atoms with Crippen molar-refractivity contribution in [3.63, 3.8) is 0 Å². The molecule has 1 heterocycles. The molecule has 142 valence electrons. The van der Waals surface area contributed by atoms with Crippen molar-refractivity contribution < 1.29 is 9.13 Å². The molecule has 2 N–H and O–H groups in total. The number of benzene rings is 1. The maximum Gasteiger partial charge on any atom is 0.213 e. The molecule has 0 amide bonds. The minimum Gasteiger partial charge on any atom is -0.478 e. The molecule has 0 aliphatic rings. The summed E-state index contributed by atoms with van der Waals surface area (Å²) in [5.74, 6) is 1.07. The Kier molecular flexibility index (Phi) is 10.6. The van der Waals surface area contributed by atoms with Gasteiger partial charge in [-0.1, -0.05) is 25.1 Å². The predicted molar refractivity (Wildman–Crippen MR) is 113 cm³/mol. The van der Waals surface area contributed by atoms with E-state index in [1.54, 1.807) is 12.3 Å². The van der Waals surface area contributed by atoms with Crippen LogP contribution in [0.4, 0.5) is 4.39 Å². The molecule has 0 unspecified atom stereocenters. The van der Waals surface area contributed by atoms with Crippen molar-refractivity contribution in [2.75, 3.05) is 13.2 Å². The van der Waals surface area contributed by atoms with Crippen molar-refractivity contribution in [2.24, 2.45) is 4.99 Å². The van der Waals surface area contributed by atoms with Gasteiger partial charge in [0, 0.05) is 25.4 Å². The zero-order valence-corrected chi connectivity index (χ0v) is 17.5. The van der Waals surface area contributed by atoms with E-state index in [0.717, 1.165) is 24.1 Å². The van der Waals surface area contributed by atoms with Gasteiger partial charge in [-0.05, 0) is 36.6 Å². The highest BCUT2D eigenvalue weighted by molar-refractivity contribution is 14.0. The number of halogens is 2. The van der Waals surface area contributed by atoms with E-state index in [2.05, 4.69) is 27.5 Å². The van der Waals surface area contributed by atoms with Gasteiger partial charge in [-0.15, -0.1) is 24.0 Å². The molecule has 0 aliphatic heterocycles. The second-order valence-corrected chi connectivity index (χ2v) is 5.53. The van der Waals surface area contributed by atoms with Gasteiger partial charge in [0.1, 0.15) is 5.82 Å². The average Bonchev–Trinajstić information content (AvgIpc) is 2.63. The highest BCUT2D eigenvalue weighted by Gasteiger charge is 2.01. The summed E-state index contributed by atoms with van der Waals surface area (Å²) in [5, 5.41) is 6.38. The first-order valence-electron chi connectivity index (χ1n) is 8.55. The van der Waals surface area contributed by atoms with Crippen molar-refractivity contribution in [1.82, 2.24) is 15.6 Å². The first-order chi connectivity index (χ1) is 12.2. The predicted octanol–water partition coefficient (Wildman–Crippen LogP) is 3.88. The fourth-order valence-electron chi connectivity index (χ4n) is 2.14. The fraction of sp³-hybridized carbons (Fsp3) is 0.368. The summed E-state index contributed by atoms with van der Waals surface area (Å²) in [6.45, 7) is 6.48. The molecule has 2 aromatic rings. The highest BCUT2D eigenvalue weighted by atomic mass is 127. The lowest BCUT2D eigenvalue weighted by molar-refractivity contribution is 0.305. The molecular formula is C19H26FIN4O. The van der Waals surface area contributed by atoms with E-state index in [4.69, 9.17) is 4.74 Å². The van der Waals surface area contributed by atoms with Crippen LogP contribution in [0.25, 0.3) is 0 Å². The Balaban J connectivity index is 0.00000338.